The maximum absolute atomic E-state index is 12.1. The lowest BCUT2D eigenvalue weighted by atomic mass is 10.2. The van der Waals surface area contributed by atoms with Gasteiger partial charge in [0, 0.05) is 0 Å². The van der Waals surface area contributed by atoms with Gasteiger partial charge in [0.25, 0.3) is 0 Å². The van der Waals surface area contributed by atoms with E-state index in [1.807, 2.05) is 0 Å². The molecule has 1 aromatic heterocycles. The van der Waals surface area contributed by atoms with E-state index in [-0.39, 0.29) is 5.82 Å². The van der Waals surface area contributed by atoms with E-state index in [4.69, 9.17) is 4.74 Å². The summed E-state index contributed by atoms with van der Waals surface area (Å²) < 4.78 is 46.1. The summed E-state index contributed by atoms with van der Waals surface area (Å²) in [6, 6.07) is 6.68. The van der Waals surface area contributed by atoms with Gasteiger partial charge in [0.1, 0.15) is 5.75 Å². The Kier molecular flexibility index (Phi) is 3.73. The van der Waals surface area contributed by atoms with Gasteiger partial charge in [-0.25, -0.2) is 0 Å². The molecule has 1 heterocycles. The van der Waals surface area contributed by atoms with E-state index in [2.05, 4.69) is 14.7 Å². The predicted molar refractivity (Wildman–Crippen MR) is 61.1 cm³/mol. The van der Waals surface area contributed by atoms with Crippen molar-refractivity contribution in [1.82, 2.24) is 10.1 Å². The molecular formula is C12H9F3N2O3. The average molecular weight is 286 g/mol. The summed E-state index contributed by atoms with van der Waals surface area (Å²) >= 11 is 0. The molecule has 0 atom stereocenters. The van der Waals surface area contributed by atoms with Gasteiger partial charge >= 0.3 is 6.18 Å². The molecule has 106 valence electrons. The number of benzene rings is 1. The van der Waals surface area contributed by atoms with E-state index in [1.165, 1.54) is 7.11 Å². The van der Waals surface area contributed by atoms with Crippen molar-refractivity contribution in [2.45, 2.75) is 12.6 Å². The molecular weight excluding hydrogens is 277 g/mol. The minimum Gasteiger partial charge on any atom is -0.496 e. The number of nitrogens with zero attached hydrogens (tertiary/aromatic N) is 2. The summed E-state index contributed by atoms with van der Waals surface area (Å²) in [4.78, 5) is 14.6. The van der Waals surface area contributed by atoms with Gasteiger partial charge in [0.2, 0.25) is 17.5 Å². The maximum Gasteiger partial charge on any atom is 0.450 e. The minimum atomic E-state index is -4.92. The van der Waals surface area contributed by atoms with Crippen LogP contribution in [0.4, 0.5) is 13.2 Å². The Hall–Kier alpha value is -2.38. The quantitative estimate of drug-likeness (QED) is 0.863. The lowest BCUT2D eigenvalue weighted by Gasteiger charge is -2.03. The van der Waals surface area contributed by atoms with Crippen LogP contribution in [0.5, 0.6) is 5.75 Å². The van der Waals surface area contributed by atoms with E-state index >= 15 is 0 Å². The van der Waals surface area contributed by atoms with Crippen LogP contribution >= 0.6 is 0 Å². The van der Waals surface area contributed by atoms with Crippen molar-refractivity contribution in [2.75, 3.05) is 7.11 Å². The van der Waals surface area contributed by atoms with Crippen molar-refractivity contribution in [3.63, 3.8) is 0 Å². The number of ether oxygens (including phenoxy) is 1. The molecule has 1 aromatic carbocycles. The Bertz CT molecular complexity index is 622. The third-order valence-corrected chi connectivity index (χ3v) is 2.44. The fourth-order valence-corrected chi connectivity index (χ4v) is 1.50. The second-order valence-electron chi connectivity index (χ2n) is 3.81. The highest BCUT2D eigenvalue weighted by Crippen LogP contribution is 2.27. The van der Waals surface area contributed by atoms with Crippen LogP contribution in [-0.4, -0.2) is 29.2 Å². The molecule has 0 radical (unpaired) electrons. The highest BCUT2D eigenvalue weighted by Gasteiger charge is 2.39. The summed E-state index contributed by atoms with van der Waals surface area (Å²) in [5, 5.41) is 3.54. The van der Waals surface area contributed by atoms with Crippen LogP contribution in [0.25, 0.3) is 11.4 Å². The van der Waals surface area contributed by atoms with Crippen LogP contribution in [0.15, 0.2) is 28.8 Å². The Morgan fingerprint density at radius 2 is 2.05 bits per heavy atom. The largest absolute Gasteiger partial charge is 0.496 e. The summed E-state index contributed by atoms with van der Waals surface area (Å²) in [6.45, 7) is 0. The maximum atomic E-state index is 12.1. The second-order valence-corrected chi connectivity index (χ2v) is 3.81. The van der Waals surface area contributed by atoms with Crippen molar-refractivity contribution in [3.05, 3.63) is 30.2 Å². The number of carbonyl (C=O) groups is 1. The molecule has 0 spiro atoms. The van der Waals surface area contributed by atoms with Gasteiger partial charge in [-0.2, -0.15) is 18.2 Å². The predicted octanol–water partition coefficient (Wildman–Crippen LogP) is 2.42. The third-order valence-electron chi connectivity index (χ3n) is 2.44. The van der Waals surface area contributed by atoms with Gasteiger partial charge in [-0.05, 0) is 12.1 Å². The van der Waals surface area contributed by atoms with Crippen molar-refractivity contribution >= 4 is 5.78 Å². The molecule has 2 aromatic rings. The average Bonchev–Trinajstić information content (AvgIpc) is 2.86. The monoisotopic (exact) mass is 286 g/mol. The fraction of sp³-hybridized carbons (Fsp3) is 0.250. The molecule has 0 fully saturated rings. The Labute approximate surface area is 111 Å². The molecule has 0 N–H and O–H groups in total. The SMILES string of the molecule is COc1ccccc1-c1noc(CC(=O)C(F)(F)F)n1. The zero-order valence-corrected chi connectivity index (χ0v) is 10.3. The molecule has 2 rings (SSSR count). The van der Waals surface area contributed by atoms with E-state index in [9.17, 15) is 18.0 Å². The lowest BCUT2D eigenvalue weighted by molar-refractivity contribution is -0.170. The first-order chi connectivity index (χ1) is 9.41. The number of aromatic nitrogens is 2. The van der Waals surface area contributed by atoms with E-state index in [0.717, 1.165) is 0 Å². The number of halogens is 3. The van der Waals surface area contributed by atoms with E-state index < -0.39 is 24.3 Å². The van der Waals surface area contributed by atoms with Gasteiger partial charge in [0.05, 0.1) is 19.1 Å². The van der Waals surface area contributed by atoms with Gasteiger partial charge in [-0.3, -0.25) is 4.79 Å². The third kappa shape index (κ3) is 2.95. The van der Waals surface area contributed by atoms with Crippen molar-refractivity contribution in [2.24, 2.45) is 0 Å². The van der Waals surface area contributed by atoms with Crippen LogP contribution < -0.4 is 4.74 Å². The van der Waals surface area contributed by atoms with Crippen LogP contribution in [-0.2, 0) is 11.2 Å². The first kappa shape index (κ1) is 14.0. The highest BCUT2D eigenvalue weighted by atomic mass is 19.4. The molecule has 0 saturated heterocycles. The number of hydrogen-bond donors (Lipinski definition) is 0. The lowest BCUT2D eigenvalue weighted by Crippen LogP contribution is -2.24. The molecule has 0 aliphatic rings. The number of Topliss-reactive ketones (excluding diaryl/α,β-unsaturated/α-hetero) is 1. The summed E-state index contributed by atoms with van der Waals surface area (Å²) in [5.74, 6) is -1.82. The Balaban J connectivity index is 2.23. The zero-order valence-electron chi connectivity index (χ0n) is 10.3. The number of para-hydroxylation sites is 1. The van der Waals surface area contributed by atoms with Crippen LogP contribution in [0.1, 0.15) is 5.89 Å². The smallest absolute Gasteiger partial charge is 0.450 e. The molecule has 0 unspecified atom stereocenters. The molecule has 0 aliphatic carbocycles. The summed E-state index contributed by atoms with van der Waals surface area (Å²) in [6.07, 6.45) is -5.90. The molecule has 5 nitrogen and oxygen atoms in total. The van der Waals surface area contributed by atoms with Gasteiger partial charge < -0.3 is 9.26 Å². The topological polar surface area (TPSA) is 65.2 Å². The number of ketones is 1. The fourth-order valence-electron chi connectivity index (χ4n) is 1.50. The normalized spacial score (nSPS) is 11.4. The summed E-state index contributed by atoms with van der Waals surface area (Å²) in [5.41, 5.74) is 0.462. The van der Waals surface area contributed by atoms with E-state index in [0.29, 0.717) is 11.3 Å². The standard InChI is InChI=1S/C12H9F3N2O3/c1-19-8-5-3-2-4-7(8)11-16-10(20-17-11)6-9(18)12(13,14)15/h2-5H,6H2,1H3. The van der Waals surface area contributed by atoms with Crippen LogP contribution in [0, 0.1) is 0 Å². The number of rotatable bonds is 4. The molecule has 0 saturated carbocycles. The Morgan fingerprint density at radius 3 is 2.70 bits per heavy atom. The Morgan fingerprint density at radius 1 is 1.35 bits per heavy atom. The first-order valence-electron chi connectivity index (χ1n) is 5.48. The second kappa shape index (κ2) is 5.32. The van der Waals surface area contributed by atoms with Crippen LogP contribution in [0.3, 0.4) is 0 Å². The zero-order chi connectivity index (χ0) is 14.8. The van der Waals surface area contributed by atoms with Crippen molar-refractivity contribution in [3.8, 4) is 17.1 Å². The minimum absolute atomic E-state index is 0.0624. The molecule has 0 bridgehead atoms. The number of hydrogen-bond acceptors (Lipinski definition) is 5. The van der Waals surface area contributed by atoms with Gasteiger partial charge in [-0.1, -0.05) is 17.3 Å². The highest BCUT2D eigenvalue weighted by molar-refractivity contribution is 5.85. The molecule has 0 amide bonds. The van der Waals surface area contributed by atoms with Crippen LogP contribution in [0.2, 0.25) is 0 Å². The van der Waals surface area contributed by atoms with E-state index in [1.54, 1.807) is 24.3 Å². The first-order valence-corrected chi connectivity index (χ1v) is 5.48. The van der Waals surface area contributed by atoms with Crippen molar-refractivity contribution < 1.29 is 27.2 Å². The number of methoxy groups -OCH3 is 1. The molecule has 8 heteroatoms. The summed E-state index contributed by atoms with van der Waals surface area (Å²) in [7, 11) is 1.44. The van der Waals surface area contributed by atoms with Gasteiger partial charge in [0.15, 0.2) is 0 Å². The molecule has 20 heavy (non-hydrogen) atoms. The number of alkyl halides is 3. The van der Waals surface area contributed by atoms with Crippen molar-refractivity contribution in [1.29, 1.82) is 0 Å². The number of carbonyl (C=O) groups excluding carboxylic acids is 1. The molecule has 0 aliphatic heterocycles. The van der Waals surface area contributed by atoms with Gasteiger partial charge in [-0.15, -0.1) is 0 Å².